The predicted octanol–water partition coefficient (Wildman–Crippen LogP) is 3.58. The molecule has 1 N–H and O–H groups in total. The van der Waals surface area contributed by atoms with Gasteiger partial charge in [-0.1, -0.05) is 18.6 Å². The van der Waals surface area contributed by atoms with Crippen molar-refractivity contribution in [3.05, 3.63) is 29.8 Å². The molecular formula is C16H24ClNO. The van der Waals surface area contributed by atoms with E-state index in [0.29, 0.717) is 11.2 Å². The zero-order valence-electron chi connectivity index (χ0n) is 11.6. The Balaban J connectivity index is 0.00000133. The van der Waals surface area contributed by atoms with E-state index < -0.39 is 0 Å². The smallest absolute Gasteiger partial charge is 0.115 e. The summed E-state index contributed by atoms with van der Waals surface area (Å²) >= 11 is 0. The number of hydrogen-bond acceptors (Lipinski definition) is 2. The summed E-state index contributed by atoms with van der Waals surface area (Å²) in [6.07, 6.45) is 6.55. The lowest BCUT2D eigenvalue weighted by molar-refractivity contribution is 0.252. The van der Waals surface area contributed by atoms with Gasteiger partial charge in [0.2, 0.25) is 0 Å². The van der Waals surface area contributed by atoms with Crippen molar-refractivity contribution in [2.24, 2.45) is 5.92 Å². The van der Waals surface area contributed by atoms with Crippen molar-refractivity contribution in [3.63, 3.8) is 0 Å². The van der Waals surface area contributed by atoms with E-state index >= 15 is 0 Å². The van der Waals surface area contributed by atoms with Crippen molar-refractivity contribution in [2.75, 3.05) is 20.1 Å². The van der Waals surface area contributed by atoms with Crippen LogP contribution in [0.25, 0.3) is 0 Å². The van der Waals surface area contributed by atoms with Crippen LogP contribution < -0.4 is 0 Å². The molecule has 0 bridgehead atoms. The summed E-state index contributed by atoms with van der Waals surface area (Å²) in [6, 6.07) is 8.02. The Morgan fingerprint density at radius 3 is 2.84 bits per heavy atom. The average Bonchev–Trinajstić information content (AvgIpc) is 2.66. The predicted molar refractivity (Wildman–Crippen MR) is 81.1 cm³/mol. The summed E-state index contributed by atoms with van der Waals surface area (Å²) in [5, 5.41) is 9.77. The van der Waals surface area contributed by atoms with E-state index in [1.165, 1.54) is 50.8 Å². The van der Waals surface area contributed by atoms with Crippen molar-refractivity contribution in [1.29, 1.82) is 0 Å². The Kier molecular flexibility index (Phi) is 4.42. The van der Waals surface area contributed by atoms with Gasteiger partial charge in [-0.25, -0.2) is 0 Å². The summed E-state index contributed by atoms with van der Waals surface area (Å²) < 4.78 is 0. The van der Waals surface area contributed by atoms with Gasteiger partial charge < -0.3 is 10.0 Å². The molecule has 2 fully saturated rings. The van der Waals surface area contributed by atoms with Crippen LogP contribution in [-0.4, -0.2) is 30.1 Å². The number of phenolic OH excluding ortho intramolecular Hbond substituents is 1. The van der Waals surface area contributed by atoms with E-state index in [4.69, 9.17) is 0 Å². The quantitative estimate of drug-likeness (QED) is 0.851. The molecule has 1 aromatic carbocycles. The van der Waals surface area contributed by atoms with Gasteiger partial charge in [0.25, 0.3) is 0 Å². The van der Waals surface area contributed by atoms with Crippen LogP contribution in [0.2, 0.25) is 0 Å². The van der Waals surface area contributed by atoms with Gasteiger partial charge >= 0.3 is 0 Å². The number of benzene rings is 1. The lowest BCUT2D eigenvalue weighted by Crippen LogP contribution is -2.34. The molecule has 0 spiro atoms. The van der Waals surface area contributed by atoms with Gasteiger partial charge in [0, 0.05) is 6.54 Å². The van der Waals surface area contributed by atoms with Crippen molar-refractivity contribution in [1.82, 2.24) is 4.90 Å². The minimum absolute atomic E-state index is 0. The number of rotatable bonds is 1. The molecule has 0 radical (unpaired) electrons. The van der Waals surface area contributed by atoms with E-state index in [9.17, 15) is 5.11 Å². The standard InChI is InChI=1S/C16H23NO.ClH/c1-17-10-4-9-16(8-3-6-14(16)12-17)13-5-2-7-15(18)11-13;/h2,5,7,11,14,18H,3-4,6,8-10,12H2,1H3;1H/t14-,16+;/m0./s1. The second-order valence-electron chi connectivity index (χ2n) is 6.16. The number of likely N-dealkylation sites (tertiary alicyclic amines) is 1. The maximum atomic E-state index is 9.77. The highest BCUT2D eigenvalue weighted by Gasteiger charge is 2.45. The van der Waals surface area contributed by atoms with Crippen LogP contribution in [0, 0.1) is 5.92 Å². The van der Waals surface area contributed by atoms with E-state index in [2.05, 4.69) is 18.0 Å². The molecule has 2 nitrogen and oxygen atoms in total. The number of phenols is 1. The third-order valence-electron chi connectivity index (χ3n) is 5.07. The van der Waals surface area contributed by atoms with E-state index in [-0.39, 0.29) is 12.4 Å². The number of halogens is 1. The molecule has 19 heavy (non-hydrogen) atoms. The number of fused-ring (bicyclic) bond motifs is 1. The first-order valence-electron chi connectivity index (χ1n) is 7.19. The number of nitrogens with zero attached hydrogens (tertiary/aromatic N) is 1. The van der Waals surface area contributed by atoms with Crippen LogP contribution in [0.5, 0.6) is 5.75 Å². The van der Waals surface area contributed by atoms with Crippen LogP contribution in [0.15, 0.2) is 24.3 Å². The summed E-state index contributed by atoms with van der Waals surface area (Å²) in [5.74, 6) is 1.19. The molecule has 0 unspecified atom stereocenters. The fourth-order valence-electron chi connectivity index (χ4n) is 4.21. The minimum atomic E-state index is 0. The lowest BCUT2D eigenvalue weighted by atomic mass is 9.69. The maximum absolute atomic E-state index is 9.77. The zero-order chi connectivity index (χ0) is 12.6. The van der Waals surface area contributed by atoms with Crippen LogP contribution in [0.1, 0.15) is 37.7 Å². The molecule has 1 aromatic rings. The Hall–Kier alpha value is -0.730. The lowest BCUT2D eigenvalue weighted by Gasteiger charge is -2.35. The van der Waals surface area contributed by atoms with Gasteiger partial charge in [0.15, 0.2) is 0 Å². The summed E-state index contributed by atoms with van der Waals surface area (Å²) in [7, 11) is 2.25. The number of aromatic hydroxyl groups is 1. The van der Waals surface area contributed by atoms with Gasteiger partial charge in [-0.05, 0) is 68.3 Å². The molecule has 1 saturated carbocycles. The first-order valence-corrected chi connectivity index (χ1v) is 7.19. The monoisotopic (exact) mass is 281 g/mol. The van der Waals surface area contributed by atoms with Crippen LogP contribution in [0.3, 0.4) is 0 Å². The third-order valence-corrected chi connectivity index (χ3v) is 5.07. The van der Waals surface area contributed by atoms with Crippen molar-refractivity contribution >= 4 is 12.4 Å². The van der Waals surface area contributed by atoms with E-state index in [0.717, 1.165) is 5.92 Å². The van der Waals surface area contributed by atoms with Crippen molar-refractivity contribution in [3.8, 4) is 5.75 Å². The van der Waals surface area contributed by atoms with Gasteiger partial charge in [-0.3, -0.25) is 0 Å². The maximum Gasteiger partial charge on any atom is 0.115 e. The summed E-state index contributed by atoms with van der Waals surface area (Å²) in [5.41, 5.74) is 1.71. The van der Waals surface area contributed by atoms with Crippen molar-refractivity contribution in [2.45, 2.75) is 37.5 Å². The second-order valence-corrected chi connectivity index (χ2v) is 6.16. The molecule has 1 saturated heterocycles. The Bertz CT molecular complexity index is 437. The molecule has 3 rings (SSSR count). The SMILES string of the molecule is CN1CCC[C@@]2(c3cccc(O)c3)CCC[C@H]2C1.Cl. The van der Waals surface area contributed by atoms with Gasteiger partial charge in [-0.15, -0.1) is 12.4 Å². The molecule has 2 aliphatic rings. The molecule has 3 heteroatoms. The number of hydrogen-bond donors (Lipinski definition) is 1. The molecule has 0 amide bonds. The first kappa shape index (κ1) is 14.7. The fraction of sp³-hybridized carbons (Fsp3) is 0.625. The molecule has 1 aliphatic heterocycles. The molecule has 1 aliphatic carbocycles. The van der Waals surface area contributed by atoms with Crippen LogP contribution >= 0.6 is 12.4 Å². The fourth-order valence-corrected chi connectivity index (χ4v) is 4.21. The topological polar surface area (TPSA) is 23.5 Å². The molecule has 106 valence electrons. The molecule has 2 atom stereocenters. The van der Waals surface area contributed by atoms with Crippen molar-refractivity contribution < 1.29 is 5.11 Å². The Labute approximate surface area is 122 Å². The highest BCUT2D eigenvalue weighted by atomic mass is 35.5. The zero-order valence-corrected chi connectivity index (χ0v) is 12.5. The van der Waals surface area contributed by atoms with Crippen LogP contribution in [0.4, 0.5) is 0 Å². The largest absolute Gasteiger partial charge is 0.508 e. The van der Waals surface area contributed by atoms with E-state index in [1.807, 2.05) is 12.1 Å². The minimum Gasteiger partial charge on any atom is -0.508 e. The van der Waals surface area contributed by atoms with E-state index in [1.54, 1.807) is 6.07 Å². The highest BCUT2D eigenvalue weighted by molar-refractivity contribution is 5.85. The summed E-state index contributed by atoms with van der Waals surface area (Å²) in [6.45, 7) is 2.44. The van der Waals surface area contributed by atoms with Gasteiger partial charge in [0.1, 0.15) is 5.75 Å². The van der Waals surface area contributed by atoms with Gasteiger partial charge in [0.05, 0.1) is 0 Å². The molecular weight excluding hydrogens is 258 g/mol. The van der Waals surface area contributed by atoms with Gasteiger partial charge in [-0.2, -0.15) is 0 Å². The van der Waals surface area contributed by atoms with Crippen LogP contribution in [-0.2, 0) is 5.41 Å². The Morgan fingerprint density at radius 2 is 2.05 bits per heavy atom. The summed E-state index contributed by atoms with van der Waals surface area (Å²) in [4.78, 5) is 2.49. The second kappa shape index (κ2) is 5.72. The normalized spacial score (nSPS) is 31.3. The third kappa shape index (κ3) is 2.61. The average molecular weight is 282 g/mol. The first-order chi connectivity index (χ1) is 8.71. The molecule has 1 heterocycles. The molecule has 0 aromatic heterocycles. The Morgan fingerprint density at radius 1 is 1.26 bits per heavy atom. The highest BCUT2D eigenvalue weighted by Crippen LogP contribution is 2.50.